The molecule has 3 N–H and O–H groups in total. The minimum Gasteiger partial charge on any atom is -0.474 e. The minimum atomic E-state index is -0.611. The number of piperidine rings is 2. The number of benzene rings is 1. The monoisotopic (exact) mass is 449 g/mol. The Bertz CT molecular complexity index is 1070. The second kappa shape index (κ2) is 9.19. The SMILES string of the molecule is O=C1CCC(N2Cc3c(CNc4ccc(OC5CCNCC5)nc4)cccc3C2=O)C(=O)N1. The van der Waals surface area contributed by atoms with Crippen molar-refractivity contribution in [1.82, 2.24) is 20.5 Å². The molecule has 1 aromatic heterocycles. The third kappa shape index (κ3) is 4.54. The van der Waals surface area contributed by atoms with Crippen molar-refractivity contribution in [3.8, 4) is 5.88 Å². The van der Waals surface area contributed by atoms with E-state index in [0.717, 1.165) is 42.7 Å². The van der Waals surface area contributed by atoms with Gasteiger partial charge in [-0.05, 0) is 55.6 Å². The quantitative estimate of drug-likeness (QED) is 0.574. The van der Waals surface area contributed by atoms with Crippen LogP contribution in [0.15, 0.2) is 36.5 Å². The smallest absolute Gasteiger partial charge is 0.255 e. The van der Waals surface area contributed by atoms with Crippen molar-refractivity contribution in [3.63, 3.8) is 0 Å². The first-order valence-electron chi connectivity index (χ1n) is 11.4. The molecule has 1 aromatic carbocycles. The van der Waals surface area contributed by atoms with Crippen LogP contribution in [0.1, 0.15) is 47.2 Å². The van der Waals surface area contributed by atoms with E-state index in [1.165, 1.54) is 0 Å². The first-order valence-corrected chi connectivity index (χ1v) is 11.4. The number of ether oxygens (including phenoxy) is 1. The average molecular weight is 450 g/mol. The van der Waals surface area contributed by atoms with Crippen LogP contribution in [0.5, 0.6) is 5.88 Å². The van der Waals surface area contributed by atoms with Gasteiger partial charge in [0.25, 0.3) is 5.91 Å². The molecule has 2 fully saturated rings. The number of anilines is 1. The summed E-state index contributed by atoms with van der Waals surface area (Å²) in [5.74, 6) is -0.225. The summed E-state index contributed by atoms with van der Waals surface area (Å²) >= 11 is 0. The number of nitrogens with zero attached hydrogens (tertiary/aromatic N) is 2. The molecule has 0 saturated carbocycles. The van der Waals surface area contributed by atoms with Crippen LogP contribution < -0.4 is 20.7 Å². The number of carbonyl (C=O) groups is 3. The van der Waals surface area contributed by atoms with Crippen molar-refractivity contribution in [3.05, 3.63) is 53.2 Å². The number of hydrogen-bond donors (Lipinski definition) is 3. The first kappa shape index (κ1) is 21.4. The highest BCUT2D eigenvalue weighted by molar-refractivity contribution is 6.05. The molecule has 0 radical (unpaired) electrons. The summed E-state index contributed by atoms with van der Waals surface area (Å²) in [6.45, 7) is 2.82. The molecule has 2 aromatic rings. The second-order valence-corrected chi connectivity index (χ2v) is 8.65. The van der Waals surface area contributed by atoms with Gasteiger partial charge in [0, 0.05) is 31.1 Å². The molecule has 1 unspecified atom stereocenters. The lowest BCUT2D eigenvalue weighted by Gasteiger charge is -2.29. The van der Waals surface area contributed by atoms with Crippen LogP contribution in [0, 0.1) is 0 Å². The number of fused-ring (bicyclic) bond motifs is 1. The molecule has 5 rings (SSSR count). The van der Waals surface area contributed by atoms with Crippen LogP contribution in [0.25, 0.3) is 0 Å². The summed E-state index contributed by atoms with van der Waals surface area (Å²) in [5, 5.41) is 9.02. The summed E-state index contributed by atoms with van der Waals surface area (Å²) in [4.78, 5) is 42.7. The van der Waals surface area contributed by atoms with Crippen molar-refractivity contribution >= 4 is 23.4 Å². The van der Waals surface area contributed by atoms with Gasteiger partial charge in [-0.15, -0.1) is 0 Å². The van der Waals surface area contributed by atoms with Gasteiger partial charge in [0.15, 0.2) is 0 Å². The molecule has 4 heterocycles. The van der Waals surface area contributed by atoms with Crippen LogP contribution >= 0.6 is 0 Å². The molecule has 33 heavy (non-hydrogen) atoms. The van der Waals surface area contributed by atoms with Gasteiger partial charge >= 0.3 is 0 Å². The van der Waals surface area contributed by atoms with E-state index in [9.17, 15) is 14.4 Å². The van der Waals surface area contributed by atoms with Crippen LogP contribution in [0.2, 0.25) is 0 Å². The van der Waals surface area contributed by atoms with E-state index in [1.807, 2.05) is 24.3 Å². The molecule has 3 amide bonds. The Hall–Kier alpha value is -3.46. The van der Waals surface area contributed by atoms with E-state index in [4.69, 9.17) is 4.74 Å². The fourth-order valence-electron chi connectivity index (χ4n) is 4.65. The number of amides is 3. The molecule has 0 bridgehead atoms. The molecule has 1 atom stereocenters. The first-order chi connectivity index (χ1) is 16.1. The van der Waals surface area contributed by atoms with Crippen molar-refractivity contribution in [2.45, 2.75) is 50.9 Å². The van der Waals surface area contributed by atoms with E-state index >= 15 is 0 Å². The molecule has 3 aliphatic rings. The minimum absolute atomic E-state index is 0.164. The second-order valence-electron chi connectivity index (χ2n) is 8.65. The van der Waals surface area contributed by atoms with E-state index < -0.39 is 11.9 Å². The van der Waals surface area contributed by atoms with Gasteiger partial charge in [0.2, 0.25) is 17.7 Å². The molecule has 172 valence electrons. The van der Waals surface area contributed by atoms with E-state index in [-0.39, 0.29) is 24.3 Å². The Labute approximate surface area is 191 Å². The zero-order valence-corrected chi connectivity index (χ0v) is 18.3. The van der Waals surface area contributed by atoms with Gasteiger partial charge in [-0.3, -0.25) is 19.7 Å². The Morgan fingerprint density at radius 1 is 1.09 bits per heavy atom. The van der Waals surface area contributed by atoms with Crippen molar-refractivity contribution in [2.24, 2.45) is 0 Å². The third-order valence-electron chi connectivity index (χ3n) is 6.47. The lowest BCUT2D eigenvalue weighted by atomic mass is 10.0. The maximum Gasteiger partial charge on any atom is 0.255 e. The average Bonchev–Trinajstić information content (AvgIpc) is 3.16. The highest BCUT2D eigenvalue weighted by Crippen LogP contribution is 2.30. The summed E-state index contributed by atoms with van der Waals surface area (Å²) in [6, 6.07) is 8.83. The summed E-state index contributed by atoms with van der Waals surface area (Å²) in [6.07, 6.45) is 4.52. The van der Waals surface area contributed by atoms with Crippen molar-refractivity contribution < 1.29 is 19.1 Å². The van der Waals surface area contributed by atoms with Gasteiger partial charge in [-0.25, -0.2) is 4.98 Å². The molecule has 3 aliphatic heterocycles. The molecular formula is C24H27N5O4. The maximum atomic E-state index is 13.0. The van der Waals surface area contributed by atoms with Gasteiger partial charge in [-0.1, -0.05) is 12.1 Å². The normalized spacial score (nSPS) is 21.0. The fraction of sp³-hybridized carbons (Fsp3) is 0.417. The zero-order chi connectivity index (χ0) is 22.8. The largest absolute Gasteiger partial charge is 0.474 e. The fourth-order valence-corrected chi connectivity index (χ4v) is 4.65. The molecule has 2 saturated heterocycles. The van der Waals surface area contributed by atoms with Gasteiger partial charge in [0.1, 0.15) is 12.1 Å². The lowest BCUT2D eigenvalue weighted by molar-refractivity contribution is -0.136. The maximum absolute atomic E-state index is 13.0. The molecule has 9 heteroatoms. The highest BCUT2D eigenvalue weighted by atomic mass is 16.5. The Kier molecular flexibility index (Phi) is 5.95. The molecule has 0 spiro atoms. The van der Waals surface area contributed by atoms with Gasteiger partial charge in [0.05, 0.1) is 11.9 Å². The number of imide groups is 1. The Balaban J connectivity index is 1.23. The molecular weight excluding hydrogens is 422 g/mol. The van der Waals surface area contributed by atoms with Crippen LogP contribution in [0.3, 0.4) is 0 Å². The summed E-state index contributed by atoms with van der Waals surface area (Å²) in [7, 11) is 0. The zero-order valence-electron chi connectivity index (χ0n) is 18.3. The highest BCUT2D eigenvalue weighted by Gasteiger charge is 2.39. The van der Waals surface area contributed by atoms with Crippen molar-refractivity contribution in [2.75, 3.05) is 18.4 Å². The number of hydrogen-bond acceptors (Lipinski definition) is 7. The summed E-state index contributed by atoms with van der Waals surface area (Å²) < 4.78 is 5.95. The van der Waals surface area contributed by atoms with E-state index in [1.54, 1.807) is 17.2 Å². The third-order valence-corrected chi connectivity index (χ3v) is 6.47. The standard InChI is InChI=1S/C24H27N5O4/c30-21-6-5-20(23(31)28-21)29-14-19-15(2-1-3-18(19)24(29)32)12-26-16-4-7-22(27-13-16)33-17-8-10-25-11-9-17/h1-4,7,13,17,20,25-26H,5-6,8-12,14H2,(H,28,30,31). The topological polar surface area (TPSA) is 113 Å². The Morgan fingerprint density at radius 2 is 1.94 bits per heavy atom. The van der Waals surface area contributed by atoms with Gasteiger partial charge in [-0.2, -0.15) is 0 Å². The number of rotatable bonds is 6. The van der Waals surface area contributed by atoms with Gasteiger partial charge < -0.3 is 20.3 Å². The Morgan fingerprint density at radius 3 is 2.70 bits per heavy atom. The van der Waals surface area contributed by atoms with E-state index in [2.05, 4.69) is 20.9 Å². The molecule has 9 nitrogen and oxygen atoms in total. The number of pyridine rings is 1. The predicted molar refractivity (Wildman–Crippen MR) is 121 cm³/mol. The van der Waals surface area contributed by atoms with Crippen LogP contribution in [-0.2, 0) is 22.7 Å². The lowest BCUT2D eigenvalue weighted by Crippen LogP contribution is -2.52. The van der Waals surface area contributed by atoms with Crippen LogP contribution in [0.4, 0.5) is 5.69 Å². The van der Waals surface area contributed by atoms with Crippen LogP contribution in [-0.4, -0.2) is 52.8 Å². The van der Waals surface area contributed by atoms with Crippen molar-refractivity contribution in [1.29, 1.82) is 0 Å². The molecule has 0 aliphatic carbocycles. The number of aromatic nitrogens is 1. The number of nitrogens with one attached hydrogen (secondary N) is 3. The van der Waals surface area contributed by atoms with E-state index in [0.29, 0.717) is 31.0 Å². The predicted octanol–water partition coefficient (Wildman–Crippen LogP) is 1.59. The number of carbonyl (C=O) groups excluding carboxylic acids is 3. The summed E-state index contributed by atoms with van der Waals surface area (Å²) in [5.41, 5.74) is 3.38.